The quantitative estimate of drug-likeness (QED) is 0.840. The summed E-state index contributed by atoms with van der Waals surface area (Å²) in [6.45, 7) is 4.43. The second kappa shape index (κ2) is 6.07. The molecule has 0 radical (unpaired) electrons. The van der Waals surface area contributed by atoms with E-state index in [9.17, 15) is 0 Å². The van der Waals surface area contributed by atoms with Gasteiger partial charge in [-0.05, 0) is 43.7 Å². The molecule has 3 heterocycles. The van der Waals surface area contributed by atoms with Gasteiger partial charge >= 0.3 is 0 Å². The van der Waals surface area contributed by atoms with E-state index in [0.29, 0.717) is 30.3 Å². The number of ether oxygens (including phenoxy) is 5. The predicted molar refractivity (Wildman–Crippen MR) is 109 cm³/mol. The van der Waals surface area contributed by atoms with Crippen LogP contribution in [-0.2, 0) is 12.0 Å². The van der Waals surface area contributed by atoms with Crippen molar-refractivity contribution in [2.75, 3.05) is 20.8 Å². The fourth-order valence-electron chi connectivity index (χ4n) is 4.39. The summed E-state index contributed by atoms with van der Waals surface area (Å²) in [5.74, 6) is 3.59. The van der Waals surface area contributed by atoms with Gasteiger partial charge in [0.1, 0.15) is 29.5 Å². The minimum Gasteiger partial charge on any atom is -0.493 e. The van der Waals surface area contributed by atoms with Crippen molar-refractivity contribution >= 4 is 6.08 Å². The lowest BCUT2D eigenvalue weighted by Crippen LogP contribution is -2.59. The van der Waals surface area contributed by atoms with E-state index in [1.807, 2.05) is 44.2 Å². The number of fused-ring (bicyclic) bond motifs is 6. The van der Waals surface area contributed by atoms with Crippen LogP contribution in [0.4, 0.5) is 0 Å². The molecule has 5 rings (SSSR count). The molecule has 2 aromatic carbocycles. The van der Waals surface area contributed by atoms with E-state index in [1.54, 1.807) is 14.2 Å². The average Bonchev–Trinajstić information content (AvgIpc) is 2.70. The fraction of sp³-hybridized carbons (Fsp3) is 0.391. The first-order chi connectivity index (χ1) is 13.8. The highest BCUT2D eigenvalue weighted by Crippen LogP contribution is 2.50. The zero-order valence-electron chi connectivity index (χ0n) is 17.1. The SMILES string of the molecule is COc1cc2c(cc1OC)C1(N)Cc3ccc4c(c3OC1CO2)C=CC(C)(C)O4. The van der Waals surface area contributed by atoms with Gasteiger partial charge in [-0.2, -0.15) is 0 Å². The van der Waals surface area contributed by atoms with Crippen LogP contribution in [-0.4, -0.2) is 32.5 Å². The number of hydrogen-bond acceptors (Lipinski definition) is 6. The van der Waals surface area contributed by atoms with Gasteiger partial charge in [-0.15, -0.1) is 0 Å². The Balaban J connectivity index is 1.60. The minimum atomic E-state index is -0.729. The molecule has 3 aliphatic heterocycles. The second-order valence-electron chi connectivity index (χ2n) is 8.34. The maximum absolute atomic E-state index is 6.97. The van der Waals surface area contributed by atoms with E-state index in [1.165, 1.54) is 0 Å². The highest BCUT2D eigenvalue weighted by Gasteiger charge is 2.49. The van der Waals surface area contributed by atoms with E-state index in [2.05, 4.69) is 6.08 Å². The molecule has 6 heteroatoms. The number of benzene rings is 2. The Morgan fingerprint density at radius 2 is 1.83 bits per heavy atom. The summed E-state index contributed by atoms with van der Waals surface area (Å²) in [7, 11) is 3.22. The zero-order valence-corrected chi connectivity index (χ0v) is 17.1. The molecule has 0 aliphatic carbocycles. The van der Waals surface area contributed by atoms with Gasteiger partial charge in [0.25, 0.3) is 0 Å². The van der Waals surface area contributed by atoms with Crippen molar-refractivity contribution in [3.05, 3.63) is 47.0 Å². The predicted octanol–water partition coefficient (Wildman–Crippen LogP) is 3.44. The van der Waals surface area contributed by atoms with Gasteiger partial charge in [0.2, 0.25) is 0 Å². The van der Waals surface area contributed by atoms with Crippen LogP contribution in [0.15, 0.2) is 30.3 Å². The summed E-state index contributed by atoms with van der Waals surface area (Å²) in [4.78, 5) is 0. The summed E-state index contributed by atoms with van der Waals surface area (Å²) >= 11 is 0. The molecule has 0 saturated carbocycles. The number of hydrogen-bond donors (Lipinski definition) is 1. The first-order valence-electron chi connectivity index (χ1n) is 9.73. The topological polar surface area (TPSA) is 72.2 Å². The molecule has 152 valence electrons. The van der Waals surface area contributed by atoms with E-state index in [4.69, 9.17) is 29.4 Å². The first-order valence-corrected chi connectivity index (χ1v) is 9.73. The molecular weight excluding hydrogens is 370 g/mol. The molecule has 0 aromatic heterocycles. The van der Waals surface area contributed by atoms with Gasteiger partial charge < -0.3 is 29.4 Å². The van der Waals surface area contributed by atoms with Crippen LogP contribution in [0.5, 0.6) is 28.7 Å². The smallest absolute Gasteiger partial charge is 0.164 e. The lowest BCUT2D eigenvalue weighted by molar-refractivity contribution is 0.0223. The third-order valence-corrected chi connectivity index (χ3v) is 5.96. The summed E-state index contributed by atoms with van der Waals surface area (Å²) < 4.78 is 29.4. The van der Waals surface area contributed by atoms with E-state index < -0.39 is 5.54 Å². The van der Waals surface area contributed by atoms with Gasteiger partial charge in [-0.25, -0.2) is 0 Å². The summed E-state index contributed by atoms with van der Waals surface area (Å²) in [6.07, 6.45) is 4.43. The molecule has 2 unspecified atom stereocenters. The number of rotatable bonds is 2. The Labute approximate surface area is 170 Å². The Hall–Kier alpha value is -2.86. The van der Waals surface area contributed by atoms with Gasteiger partial charge in [0.05, 0.1) is 25.3 Å². The summed E-state index contributed by atoms with van der Waals surface area (Å²) in [5, 5.41) is 0. The normalized spacial score (nSPS) is 25.2. The Morgan fingerprint density at radius 1 is 1.07 bits per heavy atom. The third kappa shape index (κ3) is 2.66. The molecule has 0 fully saturated rings. The van der Waals surface area contributed by atoms with Crippen LogP contribution in [0.3, 0.4) is 0 Å². The third-order valence-electron chi connectivity index (χ3n) is 5.96. The maximum Gasteiger partial charge on any atom is 0.164 e. The fourth-order valence-corrected chi connectivity index (χ4v) is 4.39. The van der Waals surface area contributed by atoms with Crippen molar-refractivity contribution in [1.29, 1.82) is 0 Å². The van der Waals surface area contributed by atoms with Gasteiger partial charge in [-0.1, -0.05) is 6.07 Å². The van der Waals surface area contributed by atoms with E-state index >= 15 is 0 Å². The first kappa shape index (κ1) is 18.2. The Morgan fingerprint density at radius 3 is 2.59 bits per heavy atom. The molecule has 2 aromatic rings. The molecule has 2 N–H and O–H groups in total. The Bertz CT molecular complexity index is 1030. The molecule has 29 heavy (non-hydrogen) atoms. The summed E-state index contributed by atoms with van der Waals surface area (Å²) in [5.41, 5.74) is 8.79. The summed E-state index contributed by atoms with van der Waals surface area (Å²) in [6, 6.07) is 7.78. The van der Waals surface area contributed by atoms with Gasteiger partial charge in [-0.3, -0.25) is 0 Å². The monoisotopic (exact) mass is 395 g/mol. The lowest BCUT2D eigenvalue weighted by atomic mass is 9.76. The minimum absolute atomic E-state index is 0.324. The van der Waals surface area contributed by atoms with Gasteiger partial charge in [0, 0.05) is 18.1 Å². The molecule has 0 bridgehead atoms. The van der Waals surface area contributed by atoms with Gasteiger partial charge in [0.15, 0.2) is 17.6 Å². The second-order valence-corrected chi connectivity index (χ2v) is 8.34. The molecule has 0 amide bonds. The van der Waals surface area contributed by atoms with Crippen molar-refractivity contribution in [3.8, 4) is 28.7 Å². The van der Waals surface area contributed by atoms with Crippen molar-refractivity contribution in [3.63, 3.8) is 0 Å². The molecule has 6 nitrogen and oxygen atoms in total. The lowest BCUT2D eigenvalue weighted by Gasteiger charge is -2.46. The van der Waals surface area contributed by atoms with Crippen LogP contribution >= 0.6 is 0 Å². The highest BCUT2D eigenvalue weighted by molar-refractivity contribution is 5.70. The van der Waals surface area contributed by atoms with E-state index in [0.717, 1.165) is 28.2 Å². The number of methoxy groups -OCH3 is 2. The number of nitrogens with two attached hydrogens (primary N) is 1. The zero-order chi connectivity index (χ0) is 20.4. The van der Waals surface area contributed by atoms with Crippen molar-refractivity contribution < 1.29 is 23.7 Å². The highest BCUT2D eigenvalue weighted by atomic mass is 16.5. The largest absolute Gasteiger partial charge is 0.493 e. The average molecular weight is 395 g/mol. The van der Waals surface area contributed by atoms with Crippen molar-refractivity contribution in [2.24, 2.45) is 5.73 Å². The maximum atomic E-state index is 6.97. The molecule has 0 saturated heterocycles. The molecule has 2 atom stereocenters. The van der Waals surface area contributed by atoms with Crippen molar-refractivity contribution in [1.82, 2.24) is 0 Å². The molecule has 3 aliphatic rings. The Kier molecular flexibility index (Phi) is 3.80. The standard InChI is InChI=1S/C23H25NO5/c1-22(2)8-7-14-16(29-22)6-5-13-11-23(24)15-9-18(25-3)19(26-4)10-17(15)27-12-20(23)28-21(13)14/h5-10,20H,11-12,24H2,1-4H3. The van der Waals surface area contributed by atoms with Crippen LogP contribution in [0.2, 0.25) is 0 Å². The molecule has 0 spiro atoms. The van der Waals surface area contributed by atoms with Crippen LogP contribution in [0.1, 0.15) is 30.5 Å². The van der Waals surface area contributed by atoms with Crippen molar-refractivity contribution in [2.45, 2.75) is 37.5 Å². The molecular formula is C23H25NO5. The van der Waals surface area contributed by atoms with Crippen LogP contribution in [0, 0.1) is 0 Å². The van der Waals surface area contributed by atoms with E-state index in [-0.39, 0.29) is 11.7 Å². The van der Waals surface area contributed by atoms with Crippen LogP contribution < -0.4 is 29.4 Å². The van der Waals surface area contributed by atoms with Crippen LogP contribution in [0.25, 0.3) is 6.08 Å².